The average Bonchev–Trinajstić information content (AvgIpc) is 3.12. The van der Waals surface area contributed by atoms with Crippen LogP contribution in [0.4, 0.5) is 0 Å². The van der Waals surface area contributed by atoms with Crippen molar-refractivity contribution < 1.29 is 22.7 Å². The largest absolute Gasteiger partial charge is 0.497 e. The molecule has 2 aliphatic rings. The molecule has 2 heterocycles. The third kappa shape index (κ3) is 4.87. The molecule has 2 aromatic carbocycles. The molecule has 2 aliphatic heterocycles. The van der Waals surface area contributed by atoms with Crippen LogP contribution in [0.5, 0.6) is 5.75 Å². The lowest BCUT2D eigenvalue weighted by Gasteiger charge is -2.36. The van der Waals surface area contributed by atoms with Crippen molar-refractivity contribution in [2.45, 2.75) is 37.6 Å². The van der Waals surface area contributed by atoms with Gasteiger partial charge in [-0.25, -0.2) is 8.42 Å². The first kappa shape index (κ1) is 24.4. The second-order valence-electron chi connectivity index (χ2n) is 8.91. The summed E-state index contributed by atoms with van der Waals surface area (Å²) in [6.07, 6.45) is 0.723. The summed E-state index contributed by atoms with van der Waals surface area (Å²) in [6.45, 7) is 5.42. The van der Waals surface area contributed by atoms with Gasteiger partial charge < -0.3 is 4.74 Å². The SMILES string of the molecule is COc1ccc(CCN2C(=O)C[C@H](N3CCN(S(=O)(=O)c4cc(C)ccc4C)CC3)C2=O)cc1. The van der Waals surface area contributed by atoms with Gasteiger partial charge in [-0.3, -0.25) is 19.4 Å². The molecule has 9 heteroatoms. The van der Waals surface area contributed by atoms with E-state index in [4.69, 9.17) is 4.74 Å². The number of nitrogens with zero attached hydrogens (tertiary/aromatic N) is 3. The van der Waals surface area contributed by atoms with Gasteiger partial charge in [0.05, 0.1) is 24.5 Å². The number of benzene rings is 2. The first-order valence-corrected chi connectivity index (χ1v) is 12.9. The number of ether oxygens (including phenoxy) is 1. The standard InChI is InChI=1S/C25H31N3O5S/c1-18-4-5-19(2)23(16-18)34(31,32)27-14-12-26(13-15-27)22-17-24(29)28(25(22)30)11-10-20-6-8-21(33-3)9-7-20/h4-9,16,22H,10-15,17H2,1-3H3/t22-/m0/s1. The summed E-state index contributed by atoms with van der Waals surface area (Å²) in [4.78, 5) is 29.2. The number of carbonyl (C=O) groups is 2. The van der Waals surface area contributed by atoms with Crippen LogP contribution >= 0.6 is 0 Å². The second-order valence-corrected chi connectivity index (χ2v) is 10.8. The molecule has 2 amide bonds. The zero-order chi connectivity index (χ0) is 24.5. The Morgan fingerprint density at radius 2 is 1.65 bits per heavy atom. The van der Waals surface area contributed by atoms with Crippen molar-refractivity contribution in [3.63, 3.8) is 0 Å². The molecule has 0 N–H and O–H groups in total. The van der Waals surface area contributed by atoms with Crippen molar-refractivity contribution in [3.05, 3.63) is 59.2 Å². The minimum atomic E-state index is -3.61. The molecule has 0 radical (unpaired) electrons. The van der Waals surface area contributed by atoms with E-state index in [1.165, 1.54) is 9.21 Å². The van der Waals surface area contributed by atoms with E-state index < -0.39 is 16.1 Å². The number of aryl methyl sites for hydroxylation is 2. The lowest BCUT2D eigenvalue weighted by Crippen LogP contribution is -2.53. The van der Waals surface area contributed by atoms with Crippen LogP contribution in [0.25, 0.3) is 0 Å². The maximum absolute atomic E-state index is 13.2. The molecule has 2 saturated heterocycles. The predicted octanol–water partition coefficient (Wildman–Crippen LogP) is 1.99. The summed E-state index contributed by atoms with van der Waals surface area (Å²) >= 11 is 0. The number of sulfonamides is 1. The third-order valence-corrected chi connectivity index (χ3v) is 8.72. The van der Waals surface area contributed by atoms with E-state index in [0.717, 1.165) is 22.4 Å². The quantitative estimate of drug-likeness (QED) is 0.558. The van der Waals surface area contributed by atoms with Crippen LogP contribution in [0.3, 0.4) is 0 Å². The molecule has 8 nitrogen and oxygen atoms in total. The van der Waals surface area contributed by atoms with Gasteiger partial charge in [-0.1, -0.05) is 24.3 Å². The number of hydrogen-bond acceptors (Lipinski definition) is 6. The fourth-order valence-corrected chi connectivity index (χ4v) is 6.33. The second kappa shape index (κ2) is 9.85. The van der Waals surface area contributed by atoms with Crippen molar-refractivity contribution in [1.29, 1.82) is 0 Å². The minimum Gasteiger partial charge on any atom is -0.497 e. The number of amides is 2. The van der Waals surface area contributed by atoms with Crippen molar-refractivity contribution in [2.75, 3.05) is 39.8 Å². The van der Waals surface area contributed by atoms with Crippen LogP contribution in [0, 0.1) is 13.8 Å². The van der Waals surface area contributed by atoms with Gasteiger partial charge in [0, 0.05) is 32.7 Å². The highest BCUT2D eigenvalue weighted by Gasteiger charge is 2.43. The summed E-state index contributed by atoms with van der Waals surface area (Å²) in [5, 5.41) is 0. The number of rotatable bonds is 7. The minimum absolute atomic E-state index is 0.144. The number of carbonyl (C=O) groups excluding carboxylic acids is 2. The fraction of sp³-hybridized carbons (Fsp3) is 0.440. The van der Waals surface area contributed by atoms with Crippen LogP contribution in [-0.4, -0.2) is 80.2 Å². The summed E-state index contributed by atoms with van der Waals surface area (Å²) in [5.74, 6) is 0.397. The molecule has 182 valence electrons. The Balaban J connectivity index is 1.36. The monoisotopic (exact) mass is 485 g/mol. The van der Waals surface area contributed by atoms with Gasteiger partial charge in [-0.05, 0) is 55.2 Å². The van der Waals surface area contributed by atoms with Crippen LogP contribution in [-0.2, 0) is 26.0 Å². The van der Waals surface area contributed by atoms with Gasteiger partial charge in [-0.15, -0.1) is 0 Å². The zero-order valence-corrected chi connectivity index (χ0v) is 20.7. The molecule has 0 unspecified atom stereocenters. The molecule has 4 rings (SSSR count). The Labute approximate surface area is 201 Å². The average molecular weight is 486 g/mol. The smallest absolute Gasteiger partial charge is 0.247 e. The van der Waals surface area contributed by atoms with Gasteiger partial charge in [0.2, 0.25) is 21.8 Å². The molecule has 1 atom stereocenters. The molecule has 2 fully saturated rings. The number of hydrogen-bond donors (Lipinski definition) is 0. The Hall–Kier alpha value is -2.75. The number of piperazine rings is 1. The Morgan fingerprint density at radius 1 is 0.971 bits per heavy atom. The van der Waals surface area contributed by atoms with Gasteiger partial charge in [0.25, 0.3) is 0 Å². The van der Waals surface area contributed by atoms with E-state index in [1.54, 1.807) is 20.1 Å². The van der Waals surface area contributed by atoms with Crippen LogP contribution < -0.4 is 4.74 Å². The van der Waals surface area contributed by atoms with Crippen LogP contribution in [0.2, 0.25) is 0 Å². The Bertz CT molecular complexity index is 1170. The van der Waals surface area contributed by atoms with Gasteiger partial charge in [0.1, 0.15) is 5.75 Å². The first-order valence-electron chi connectivity index (χ1n) is 11.5. The molecule has 0 bridgehead atoms. The molecular formula is C25H31N3O5S. The van der Waals surface area contributed by atoms with Crippen molar-refractivity contribution >= 4 is 21.8 Å². The van der Waals surface area contributed by atoms with Crippen molar-refractivity contribution in [2.24, 2.45) is 0 Å². The Kier molecular flexibility index (Phi) is 7.06. The van der Waals surface area contributed by atoms with Crippen molar-refractivity contribution in [1.82, 2.24) is 14.1 Å². The molecule has 0 aliphatic carbocycles. The maximum Gasteiger partial charge on any atom is 0.247 e. The first-order chi connectivity index (χ1) is 16.2. The molecule has 2 aromatic rings. The maximum atomic E-state index is 13.2. The van der Waals surface area contributed by atoms with Crippen molar-refractivity contribution in [3.8, 4) is 5.75 Å². The highest BCUT2D eigenvalue weighted by atomic mass is 32.2. The highest BCUT2D eigenvalue weighted by molar-refractivity contribution is 7.89. The highest BCUT2D eigenvalue weighted by Crippen LogP contribution is 2.25. The molecule has 0 saturated carbocycles. The van der Waals surface area contributed by atoms with E-state index in [0.29, 0.717) is 44.0 Å². The summed E-state index contributed by atoms with van der Waals surface area (Å²) in [7, 11) is -2.00. The van der Waals surface area contributed by atoms with Gasteiger partial charge >= 0.3 is 0 Å². The van der Waals surface area contributed by atoms with E-state index in [1.807, 2.05) is 48.2 Å². The van der Waals surface area contributed by atoms with Crippen LogP contribution in [0.1, 0.15) is 23.1 Å². The topological polar surface area (TPSA) is 87.2 Å². The predicted molar refractivity (Wildman–Crippen MR) is 128 cm³/mol. The summed E-state index contributed by atoms with van der Waals surface area (Å²) < 4.78 is 33.0. The zero-order valence-electron chi connectivity index (χ0n) is 19.9. The van der Waals surface area contributed by atoms with E-state index in [-0.39, 0.29) is 18.2 Å². The fourth-order valence-electron chi connectivity index (χ4n) is 4.60. The normalized spacial score (nSPS) is 20.2. The van der Waals surface area contributed by atoms with Gasteiger partial charge in [0.15, 0.2) is 0 Å². The van der Waals surface area contributed by atoms with E-state index in [9.17, 15) is 18.0 Å². The van der Waals surface area contributed by atoms with E-state index >= 15 is 0 Å². The summed E-state index contributed by atoms with van der Waals surface area (Å²) in [6, 6.07) is 12.5. The third-order valence-electron chi connectivity index (χ3n) is 6.68. The lowest BCUT2D eigenvalue weighted by atomic mass is 10.1. The molecule has 34 heavy (non-hydrogen) atoms. The Morgan fingerprint density at radius 3 is 2.29 bits per heavy atom. The lowest BCUT2D eigenvalue weighted by molar-refractivity contribution is -0.139. The number of likely N-dealkylation sites (tertiary alicyclic amines) is 1. The number of methoxy groups -OCH3 is 1. The van der Waals surface area contributed by atoms with Gasteiger partial charge in [-0.2, -0.15) is 4.31 Å². The molecule has 0 aromatic heterocycles. The molecule has 0 spiro atoms. The summed E-state index contributed by atoms with van der Waals surface area (Å²) in [5.41, 5.74) is 2.64. The number of imide groups is 1. The van der Waals surface area contributed by atoms with E-state index in [2.05, 4.69) is 0 Å². The van der Waals surface area contributed by atoms with Crippen LogP contribution in [0.15, 0.2) is 47.4 Å². The molecular weight excluding hydrogens is 454 g/mol.